The molecule has 2 heterocycles. The van der Waals surface area contributed by atoms with E-state index < -0.39 is 5.76 Å². The van der Waals surface area contributed by atoms with Gasteiger partial charge >= 0.3 is 5.76 Å². The molecule has 0 bridgehead atoms. The van der Waals surface area contributed by atoms with E-state index in [1.165, 1.54) is 0 Å². The van der Waals surface area contributed by atoms with Crippen LogP contribution in [0.5, 0.6) is 5.88 Å². The summed E-state index contributed by atoms with van der Waals surface area (Å²) < 4.78 is 5.15. The van der Waals surface area contributed by atoms with E-state index in [2.05, 4.69) is 9.97 Å². The van der Waals surface area contributed by atoms with Gasteiger partial charge in [-0.1, -0.05) is 17.7 Å². The number of aromatic amines is 2. The summed E-state index contributed by atoms with van der Waals surface area (Å²) in [6.45, 7) is 2.83. The van der Waals surface area contributed by atoms with Gasteiger partial charge in [-0.15, -0.1) is 0 Å². The molecule has 5 aromatic rings. The fourth-order valence-electron chi connectivity index (χ4n) is 4.36. The van der Waals surface area contributed by atoms with Crippen LogP contribution in [-0.4, -0.2) is 58.8 Å². The van der Waals surface area contributed by atoms with Crippen LogP contribution in [0, 0.1) is 0 Å². The first-order chi connectivity index (χ1) is 18.2. The number of aromatic nitrogens is 2. The third-order valence-electron chi connectivity index (χ3n) is 6.22. The Labute approximate surface area is 223 Å². The SMILES string of the molecule is CC(=O)N(CCN(C)C)c1ccc(N=C(c2ccc3oc(=O)[nH]c3c2)c2c(O)[nH]c3cc(Cl)ccc23)cc1. The standard InChI is InChI=1S/C28H26ClN5O4/c1-16(35)34(13-12-33(2)3)20-8-6-19(7-9-20)30-26(17-4-11-24-23(14-17)32-28(37)38-24)25-21-10-5-18(29)15-22(21)31-27(25)36/h4-11,14-15,31,36H,12-13H2,1-3H3,(H,32,37). The molecule has 9 nitrogen and oxygen atoms in total. The summed E-state index contributed by atoms with van der Waals surface area (Å²) in [6, 6.07) is 17.8. The first-order valence-corrected chi connectivity index (χ1v) is 12.3. The molecule has 2 aromatic heterocycles. The zero-order valence-corrected chi connectivity index (χ0v) is 21.8. The summed E-state index contributed by atoms with van der Waals surface area (Å²) in [5, 5.41) is 12.2. The first kappa shape index (κ1) is 25.3. The third kappa shape index (κ3) is 5.06. The van der Waals surface area contributed by atoms with Crippen LogP contribution in [0.1, 0.15) is 18.1 Å². The second kappa shape index (κ2) is 10.2. The molecule has 0 aliphatic carbocycles. The third-order valence-corrected chi connectivity index (χ3v) is 6.46. The number of aliphatic imine (C=N–C) groups is 1. The number of hydrogen-bond donors (Lipinski definition) is 3. The van der Waals surface area contributed by atoms with Crippen molar-refractivity contribution in [1.29, 1.82) is 0 Å². The van der Waals surface area contributed by atoms with Gasteiger partial charge in [0.1, 0.15) is 0 Å². The molecule has 10 heteroatoms. The summed E-state index contributed by atoms with van der Waals surface area (Å²) in [4.78, 5) is 38.3. The van der Waals surface area contributed by atoms with Gasteiger partial charge in [0.2, 0.25) is 5.91 Å². The average molecular weight is 532 g/mol. The maximum Gasteiger partial charge on any atom is 0.417 e. The predicted molar refractivity (Wildman–Crippen MR) is 150 cm³/mol. The van der Waals surface area contributed by atoms with Gasteiger partial charge in [0, 0.05) is 41.7 Å². The number of fused-ring (bicyclic) bond motifs is 2. The molecular formula is C28H26ClN5O4. The second-order valence-electron chi connectivity index (χ2n) is 9.21. The largest absolute Gasteiger partial charge is 0.494 e. The monoisotopic (exact) mass is 531 g/mol. The second-order valence-corrected chi connectivity index (χ2v) is 9.65. The minimum atomic E-state index is -0.555. The van der Waals surface area contributed by atoms with Gasteiger partial charge in [-0.2, -0.15) is 0 Å². The number of nitrogens with one attached hydrogen (secondary N) is 2. The Morgan fingerprint density at radius 1 is 1.00 bits per heavy atom. The Bertz CT molecular complexity index is 1730. The van der Waals surface area contributed by atoms with Gasteiger partial charge in [-0.25, -0.2) is 9.79 Å². The normalized spacial score (nSPS) is 12.1. The number of amides is 1. The Kier molecular flexibility index (Phi) is 6.79. The van der Waals surface area contributed by atoms with E-state index >= 15 is 0 Å². The van der Waals surface area contributed by atoms with Crippen LogP contribution in [0.15, 0.2) is 74.9 Å². The number of oxazole rings is 1. The van der Waals surface area contributed by atoms with Gasteiger partial charge in [0.25, 0.3) is 0 Å². The molecule has 3 aromatic carbocycles. The van der Waals surface area contributed by atoms with Gasteiger partial charge in [-0.3, -0.25) is 9.78 Å². The summed E-state index contributed by atoms with van der Waals surface area (Å²) in [5.41, 5.74) is 4.58. The van der Waals surface area contributed by atoms with E-state index in [-0.39, 0.29) is 11.8 Å². The zero-order valence-electron chi connectivity index (χ0n) is 21.1. The number of aromatic hydroxyl groups is 1. The Hall–Kier alpha value is -4.34. The molecule has 0 atom stereocenters. The summed E-state index contributed by atoms with van der Waals surface area (Å²) in [6.07, 6.45) is 0. The molecule has 5 rings (SSSR count). The molecule has 0 fully saturated rings. The van der Waals surface area contributed by atoms with Crippen LogP contribution in [0.3, 0.4) is 0 Å². The molecule has 3 N–H and O–H groups in total. The molecule has 0 aliphatic rings. The lowest BCUT2D eigenvalue weighted by Crippen LogP contribution is -2.35. The highest BCUT2D eigenvalue weighted by Gasteiger charge is 2.20. The summed E-state index contributed by atoms with van der Waals surface area (Å²) >= 11 is 6.17. The van der Waals surface area contributed by atoms with E-state index in [1.54, 1.807) is 42.2 Å². The minimum Gasteiger partial charge on any atom is -0.494 e. The molecule has 0 aliphatic heterocycles. The zero-order chi connectivity index (χ0) is 27.0. The van der Waals surface area contributed by atoms with Crippen LogP contribution in [0.2, 0.25) is 5.02 Å². The highest BCUT2D eigenvalue weighted by molar-refractivity contribution is 6.31. The number of H-pyrrole nitrogens is 2. The van der Waals surface area contributed by atoms with Gasteiger partial charge in [-0.05, 0) is 68.7 Å². The van der Waals surface area contributed by atoms with E-state index in [0.29, 0.717) is 50.7 Å². The molecule has 0 unspecified atom stereocenters. The van der Waals surface area contributed by atoms with Crippen LogP contribution in [-0.2, 0) is 4.79 Å². The van der Waals surface area contributed by atoms with E-state index in [4.69, 9.17) is 21.0 Å². The molecule has 38 heavy (non-hydrogen) atoms. The number of halogens is 1. The van der Waals surface area contributed by atoms with Crippen LogP contribution >= 0.6 is 11.6 Å². The quantitative estimate of drug-likeness (QED) is 0.254. The van der Waals surface area contributed by atoms with Gasteiger partial charge in [0.15, 0.2) is 11.5 Å². The summed E-state index contributed by atoms with van der Waals surface area (Å²) in [5.74, 6) is -0.668. The maximum absolute atomic E-state index is 12.3. The number of benzene rings is 3. The highest BCUT2D eigenvalue weighted by Crippen LogP contribution is 2.33. The Morgan fingerprint density at radius 2 is 1.76 bits per heavy atom. The molecule has 0 saturated heterocycles. The number of likely N-dealkylation sites (N-methyl/N-ethyl adjacent to an activating group) is 1. The minimum absolute atomic E-state index is 0.0476. The van der Waals surface area contributed by atoms with Gasteiger partial charge < -0.3 is 24.3 Å². The first-order valence-electron chi connectivity index (χ1n) is 11.9. The topological polar surface area (TPSA) is 118 Å². The number of carbonyl (C=O) groups excluding carboxylic acids is 1. The summed E-state index contributed by atoms with van der Waals surface area (Å²) in [7, 11) is 3.92. The number of rotatable bonds is 7. The van der Waals surface area contributed by atoms with Gasteiger partial charge in [0.05, 0.1) is 28.0 Å². The van der Waals surface area contributed by atoms with E-state index in [1.807, 2.05) is 49.3 Å². The fraction of sp³-hybridized carbons (Fsp3) is 0.179. The Balaban J connectivity index is 1.63. The van der Waals surface area contributed by atoms with Crippen LogP contribution in [0.4, 0.5) is 11.4 Å². The van der Waals surface area contributed by atoms with Crippen molar-refractivity contribution in [3.8, 4) is 5.88 Å². The highest BCUT2D eigenvalue weighted by atomic mass is 35.5. The van der Waals surface area contributed by atoms with Crippen molar-refractivity contribution < 1.29 is 14.3 Å². The van der Waals surface area contributed by atoms with Crippen molar-refractivity contribution in [1.82, 2.24) is 14.9 Å². The number of nitrogens with zero attached hydrogens (tertiary/aromatic N) is 3. The molecule has 0 radical (unpaired) electrons. The molecular weight excluding hydrogens is 506 g/mol. The molecule has 0 saturated carbocycles. The predicted octanol–water partition coefficient (Wildman–Crippen LogP) is 5.05. The average Bonchev–Trinajstić information content (AvgIpc) is 3.40. The van der Waals surface area contributed by atoms with Crippen molar-refractivity contribution in [3.05, 3.63) is 87.4 Å². The molecule has 0 spiro atoms. The lowest BCUT2D eigenvalue weighted by atomic mass is 10.0. The Morgan fingerprint density at radius 3 is 2.47 bits per heavy atom. The number of hydrogen-bond acceptors (Lipinski definition) is 6. The van der Waals surface area contributed by atoms with Crippen molar-refractivity contribution >= 4 is 56.6 Å². The van der Waals surface area contributed by atoms with Crippen molar-refractivity contribution in [2.24, 2.45) is 4.99 Å². The van der Waals surface area contributed by atoms with Crippen molar-refractivity contribution in [2.75, 3.05) is 32.1 Å². The molecule has 1 amide bonds. The fourth-order valence-corrected chi connectivity index (χ4v) is 4.54. The lowest BCUT2D eigenvalue weighted by Gasteiger charge is -2.23. The van der Waals surface area contributed by atoms with E-state index in [0.717, 1.165) is 17.6 Å². The van der Waals surface area contributed by atoms with Crippen molar-refractivity contribution in [2.45, 2.75) is 6.92 Å². The van der Waals surface area contributed by atoms with E-state index in [9.17, 15) is 14.7 Å². The van der Waals surface area contributed by atoms with Crippen LogP contribution < -0.4 is 10.7 Å². The maximum atomic E-state index is 12.3. The van der Waals surface area contributed by atoms with Crippen LogP contribution in [0.25, 0.3) is 22.0 Å². The van der Waals surface area contributed by atoms with Crippen molar-refractivity contribution in [3.63, 3.8) is 0 Å². The lowest BCUT2D eigenvalue weighted by molar-refractivity contribution is -0.116. The molecule has 194 valence electrons. The number of carbonyl (C=O) groups is 1. The smallest absolute Gasteiger partial charge is 0.417 e. The number of anilines is 1.